The van der Waals surface area contributed by atoms with E-state index in [2.05, 4.69) is 16.5 Å². The number of amides is 3. The molecule has 1 N–H and O–H groups in total. The van der Waals surface area contributed by atoms with Crippen LogP contribution >= 0.6 is 0 Å². The molecule has 9 nitrogen and oxygen atoms in total. The second kappa shape index (κ2) is 10.2. The molecule has 1 atom stereocenters. The number of benzene rings is 1. The lowest BCUT2D eigenvalue weighted by Crippen LogP contribution is -2.41. The molecule has 3 heterocycles. The number of aromatic nitrogens is 2. The predicted molar refractivity (Wildman–Crippen MR) is 122 cm³/mol. The van der Waals surface area contributed by atoms with Gasteiger partial charge in [-0.25, -0.2) is 0 Å². The van der Waals surface area contributed by atoms with E-state index in [4.69, 9.17) is 4.74 Å². The molecule has 0 saturated carbocycles. The number of aryl methyl sites for hydroxylation is 2. The molecule has 33 heavy (non-hydrogen) atoms. The molecule has 0 radical (unpaired) electrons. The summed E-state index contributed by atoms with van der Waals surface area (Å²) >= 11 is 0. The highest BCUT2D eigenvalue weighted by Crippen LogP contribution is 2.18. The van der Waals surface area contributed by atoms with Gasteiger partial charge in [-0.2, -0.15) is 5.10 Å². The number of fused-ring (bicyclic) bond motifs is 1. The quantitative estimate of drug-likeness (QED) is 0.687. The lowest BCUT2D eigenvalue weighted by atomic mass is 10.1. The Balaban J connectivity index is 1.39. The molecule has 0 spiro atoms. The number of rotatable bonds is 7. The first-order valence-corrected chi connectivity index (χ1v) is 11.5. The van der Waals surface area contributed by atoms with Crippen LogP contribution in [0.25, 0.3) is 0 Å². The van der Waals surface area contributed by atoms with Gasteiger partial charge in [0.05, 0.1) is 12.6 Å². The van der Waals surface area contributed by atoms with Crippen molar-refractivity contribution in [3.05, 3.63) is 52.8 Å². The number of likely N-dealkylation sites (N-methyl/N-ethyl adjacent to an activating group) is 1. The summed E-state index contributed by atoms with van der Waals surface area (Å²) < 4.78 is 7.11. The van der Waals surface area contributed by atoms with E-state index in [9.17, 15) is 14.4 Å². The molecule has 176 valence electrons. The second-order valence-corrected chi connectivity index (χ2v) is 8.81. The molecular formula is C24H31N5O4. The molecule has 0 aliphatic carbocycles. The van der Waals surface area contributed by atoms with Gasteiger partial charge in [-0.05, 0) is 31.7 Å². The summed E-state index contributed by atoms with van der Waals surface area (Å²) in [5, 5.41) is 7.20. The van der Waals surface area contributed by atoms with Crippen LogP contribution in [0.5, 0.6) is 0 Å². The average molecular weight is 454 g/mol. The van der Waals surface area contributed by atoms with Gasteiger partial charge in [0.2, 0.25) is 5.91 Å². The third-order valence-corrected chi connectivity index (χ3v) is 6.04. The molecule has 2 aliphatic heterocycles. The highest BCUT2D eigenvalue weighted by molar-refractivity contribution is 5.99. The normalized spacial score (nSPS) is 18.1. The molecule has 9 heteroatoms. The maximum Gasteiger partial charge on any atom is 0.274 e. The standard InChI is InChI=1S/C24H31N5O4/c1-17-6-3-7-18(12-17)15-28-9-5-10-29-21(24(28)32)13-20(26-29)23(31)27(2)16-22(30)25-14-19-8-4-11-33-19/h3,6-7,12-13,19H,4-5,8-11,14-16H2,1-2H3,(H,25,30). The van der Waals surface area contributed by atoms with Gasteiger partial charge in [-0.15, -0.1) is 0 Å². The average Bonchev–Trinajstić information content (AvgIpc) is 3.43. The molecule has 1 aromatic heterocycles. The van der Waals surface area contributed by atoms with Crippen LogP contribution in [0.3, 0.4) is 0 Å². The van der Waals surface area contributed by atoms with Crippen LogP contribution in [0.1, 0.15) is 51.4 Å². The Labute approximate surface area is 193 Å². The first-order valence-electron chi connectivity index (χ1n) is 11.5. The van der Waals surface area contributed by atoms with Crippen LogP contribution in [0.4, 0.5) is 0 Å². The fourth-order valence-corrected chi connectivity index (χ4v) is 4.29. The van der Waals surface area contributed by atoms with Gasteiger partial charge in [-0.1, -0.05) is 29.8 Å². The van der Waals surface area contributed by atoms with Gasteiger partial charge in [0.25, 0.3) is 11.8 Å². The van der Waals surface area contributed by atoms with Crippen molar-refractivity contribution in [1.29, 1.82) is 0 Å². The summed E-state index contributed by atoms with van der Waals surface area (Å²) in [6.45, 7) is 4.82. The zero-order chi connectivity index (χ0) is 23.4. The Morgan fingerprint density at radius 1 is 1.24 bits per heavy atom. The number of nitrogens with one attached hydrogen (secondary N) is 1. The molecule has 1 saturated heterocycles. The van der Waals surface area contributed by atoms with Crippen molar-refractivity contribution in [3.8, 4) is 0 Å². The Hall–Kier alpha value is -3.20. The zero-order valence-corrected chi connectivity index (χ0v) is 19.2. The van der Waals surface area contributed by atoms with E-state index in [0.29, 0.717) is 31.9 Å². The minimum Gasteiger partial charge on any atom is -0.376 e. The van der Waals surface area contributed by atoms with Gasteiger partial charge in [0.15, 0.2) is 5.69 Å². The Bertz CT molecular complexity index is 1030. The van der Waals surface area contributed by atoms with Crippen LogP contribution in [0.2, 0.25) is 0 Å². The molecule has 2 aliphatic rings. The topological polar surface area (TPSA) is 96.8 Å². The first-order chi connectivity index (χ1) is 15.9. The fraction of sp³-hybridized carbons (Fsp3) is 0.500. The minimum atomic E-state index is -0.388. The molecule has 1 fully saturated rings. The monoisotopic (exact) mass is 453 g/mol. The third kappa shape index (κ3) is 5.60. The molecule has 3 amide bonds. The lowest BCUT2D eigenvalue weighted by molar-refractivity contribution is -0.122. The number of hydrogen-bond donors (Lipinski definition) is 1. The fourth-order valence-electron chi connectivity index (χ4n) is 4.29. The van der Waals surface area contributed by atoms with E-state index in [1.165, 1.54) is 4.90 Å². The van der Waals surface area contributed by atoms with E-state index < -0.39 is 0 Å². The molecular weight excluding hydrogens is 422 g/mol. The zero-order valence-electron chi connectivity index (χ0n) is 19.2. The SMILES string of the molecule is Cc1cccc(CN2CCCn3nc(C(=O)N(C)CC(=O)NCC4CCCO4)cc3C2=O)c1. The van der Waals surface area contributed by atoms with Gasteiger partial charge < -0.3 is 19.9 Å². The van der Waals surface area contributed by atoms with Gasteiger partial charge in [-0.3, -0.25) is 19.1 Å². The van der Waals surface area contributed by atoms with E-state index in [-0.39, 0.29) is 36.1 Å². The summed E-state index contributed by atoms with van der Waals surface area (Å²) in [5.74, 6) is -0.777. The van der Waals surface area contributed by atoms with E-state index in [1.807, 2.05) is 25.1 Å². The van der Waals surface area contributed by atoms with Crippen LogP contribution in [-0.2, 0) is 22.6 Å². The molecule has 0 bridgehead atoms. The summed E-state index contributed by atoms with van der Waals surface area (Å²) in [4.78, 5) is 41.4. The van der Waals surface area contributed by atoms with Crippen molar-refractivity contribution in [2.45, 2.75) is 45.4 Å². The van der Waals surface area contributed by atoms with Crippen molar-refractivity contribution in [3.63, 3.8) is 0 Å². The van der Waals surface area contributed by atoms with Crippen molar-refractivity contribution in [2.24, 2.45) is 0 Å². The Morgan fingerprint density at radius 3 is 2.85 bits per heavy atom. The van der Waals surface area contributed by atoms with Crippen LogP contribution < -0.4 is 5.32 Å². The first kappa shape index (κ1) is 23.0. The highest BCUT2D eigenvalue weighted by atomic mass is 16.5. The van der Waals surface area contributed by atoms with Crippen LogP contribution in [-0.4, -0.2) is 76.7 Å². The number of nitrogens with zero attached hydrogens (tertiary/aromatic N) is 4. The summed E-state index contributed by atoms with van der Waals surface area (Å²) in [6.07, 6.45) is 2.74. The predicted octanol–water partition coefficient (Wildman–Crippen LogP) is 1.60. The Morgan fingerprint density at radius 2 is 2.09 bits per heavy atom. The van der Waals surface area contributed by atoms with Crippen molar-refractivity contribution < 1.29 is 19.1 Å². The Kier molecular flexibility index (Phi) is 7.08. The number of ether oxygens (including phenoxy) is 1. The van der Waals surface area contributed by atoms with E-state index in [1.54, 1.807) is 22.7 Å². The maximum absolute atomic E-state index is 13.2. The smallest absolute Gasteiger partial charge is 0.274 e. The van der Waals surface area contributed by atoms with E-state index >= 15 is 0 Å². The van der Waals surface area contributed by atoms with Gasteiger partial charge >= 0.3 is 0 Å². The second-order valence-electron chi connectivity index (χ2n) is 8.81. The molecule has 1 unspecified atom stereocenters. The number of carbonyl (C=O) groups is 3. The van der Waals surface area contributed by atoms with Crippen molar-refractivity contribution in [1.82, 2.24) is 24.9 Å². The number of hydrogen-bond acceptors (Lipinski definition) is 5. The van der Waals surface area contributed by atoms with Crippen molar-refractivity contribution in [2.75, 3.05) is 33.3 Å². The molecule has 1 aromatic carbocycles. The summed E-state index contributed by atoms with van der Waals surface area (Å²) in [6, 6.07) is 9.64. The maximum atomic E-state index is 13.2. The summed E-state index contributed by atoms with van der Waals surface area (Å²) in [5.41, 5.74) is 2.79. The van der Waals surface area contributed by atoms with Crippen LogP contribution in [0, 0.1) is 6.92 Å². The van der Waals surface area contributed by atoms with Gasteiger partial charge in [0.1, 0.15) is 5.69 Å². The van der Waals surface area contributed by atoms with Crippen molar-refractivity contribution >= 4 is 17.7 Å². The molecule has 2 aromatic rings. The van der Waals surface area contributed by atoms with Gasteiger partial charge in [0, 0.05) is 45.9 Å². The summed E-state index contributed by atoms with van der Waals surface area (Å²) in [7, 11) is 1.56. The molecule has 4 rings (SSSR count). The minimum absolute atomic E-state index is 0.0486. The third-order valence-electron chi connectivity index (χ3n) is 6.04. The largest absolute Gasteiger partial charge is 0.376 e. The highest BCUT2D eigenvalue weighted by Gasteiger charge is 2.28. The number of carbonyl (C=O) groups excluding carboxylic acids is 3. The lowest BCUT2D eigenvalue weighted by Gasteiger charge is -2.20. The van der Waals surface area contributed by atoms with Crippen LogP contribution in [0.15, 0.2) is 30.3 Å². The van der Waals surface area contributed by atoms with E-state index in [0.717, 1.165) is 37.0 Å².